The molecule has 0 aliphatic heterocycles. The van der Waals surface area contributed by atoms with Crippen molar-refractivity contribution in [1.29, 1.82) is 0 Å². The van der Waals surface area contributed by atoms with Gasteiger partial charge in [0, 0.05) is 11.2 Å². The van der Waals surface area contributed by atoms with E-state index in [-0.39, 0.29) is 26.8 Å². The number of halogens is 2. The number of rotatable bonds is 3. The summed E-state index contributed by atoms with van der Waals surface area (Å²) in [6.07, 6.45) is -1.14. The minimum Gasteiger partial charge on any atom is -0.465 e. The first-order valence-corrected chi connectivity index (χ1v) is 9.98. The molecule has 0 fully saturated rings. The van der Waals surface area contributed by atoms with E-state index in [2.05, 4.69) is 4.98 Å². The van der Waals surface area contributed by atoms with E-state index >= 15 is 0 Å². The smallest absolute Gasteiger partial charge is 0.408 e. The van der Waals surface area contributed by atoms with E-state index in [9.17, 15) is 14.7 Å². The topological polar surface area (TPSA) is 101 Å². The second-order valence-corrected chi connectivity index (χ2v) is 8.77. The monoisotopic (exact) mass is 448 g/mol. The normalized spacial score (nSPS) is 12.7. The van der Waals surface area contributed by atoms with Crippen molar-refractivity contribution in [2.45, 2.75) is 39.3 Å². The number of anilines is 1. The van der Waals surface area contributed by atoms with E-state index in [4.69, 9.17) is 28.9 Å². The van der Waals surface area contributed by atoms with Crippen LogP contribution in [0.1, 0.15) is 39.6 Å². The van der Waals surface area contributed by atoms with Crippen LogP contribution in [0.4, 0.5) is 10.5 Å². The molecular weight excluding hydrogens is 427 g/mol. The molecule has 0 spiro atoms. The van der Waals surface area contributed by atoms with Crippen molar-refractivity contribution in [2.75, 3.05) is 5.73 Å². The van der Waals surface area contributed by atoms with Crippen LogP contribution in [0.25, 0.3) is 16.6 Å². The molecular formula is C21H22Cl2N4O3. The SMILES string of the molecule is C[C@@H](c1nc2c(Cl)ccc(Cl)c2c(=O)n1-c1cccc(N)c1)N(C(=O)O)C(C)(C)C. The number of fused-ring (bicyclic) bond motifs is 1. The molecule has 9 heteroatoms. The highest BCUT2D eigenvalue weighted by Gasteiger charge is 2.34. The molecule has 0 aliphatic carbocycles. The van der Waals surface area contributed by atoms with E-state index in [0.29, 0.717) is 11.4 Å². The summed E-state index contributed by atoms with van der Waals surface area (Å²) in [5, 5.41) is 10.5. The zero-order valence-electron chi connectivity index (χ0n) is 17.0. The lowest BCUT2D eigenvalue weighted by Crippen LogP contribution is -2.47. The summed E-state index contributed by atoms with van der Waals surface area (Å²) in [4.78, 5) is 31.5. The lowest BCUT2D eigenvalue weighted by Gasteiger charge is -2.38. The van der Waals surface area contributed by atoms with Crippen molar-refractivity contribution >= 4 is 45.9 Å². The van der Waals surface area contributed by atoms with Gasteiger partial charge in [-0.1, -0.05) is 29.3 Å². The Hall–Kier alpha value is -2.77. The lowest BCUT2D eigenvalue weighted by atomic mass is 10.0. The first kappa shape index (κ1) is 21.9. The van der Waals surface area contributed by atoms with Crippen molar-refractivity contribution in [3.8, 4) is 5.69 Å². The number of hydrogen-bond donors (Lipinski definition) is 2. The van der Waals surface area contributed by atoms with Crippen molar-refractivity contribution in [2.24, 2.45) is 0 Å². The van der Waals surface area contributed by atoms with Gasteiger partial charge in [0.2, 0.25) is 0 Å². The predicted molar refractivity (Wildman–Crippen MR) is 120 cm³/mol. The number of carboxylic acid groups (broad SMARTS) is 1. The average Bonchev–Trinajstić information content (AvgIpc) is 2.62. The first-order chi connectivity index (χ1) is 13.9. The summed E-state index contributed by atoms with van der Waals surface area (Å²) >= 11 is 12.6. The second kappa shape index (κ2) is 7.81. The molecule has 0 aliphatic rings. The molecule has 3 rings (SSSR count). The van der Waals surface area contributed by atoms with Crippen LogP contribution in [-0.4, -0.2) is 31.2 Å². The zero-order valence-corrected chi connectivity index (χ0v) is 18.5. The van der Waals surface area contributed by atoms with Gasteiger partial charge >= 0.3 is 6.09 Å². The van der Waals surface area contributed by atoms with Crippen LogP contribution in [-0.2, 0) is 0 Å². The first-order valence-electron chi connectivity index (χ1n) is 9.22. The fraction of sp³-hybridized carbons (Fsp3) is 0.286. The van der Waals surface area contributed by atoms with Gasteiger partial charge < -0.3 is 10.8 Å². The van der Waals surface area contributed by atoms with E-state index in [1.807, 2.05) is 0 Å². The van der Waals surface area contributed by atoms with Gasteiger partial charge in [-0.3, -0.25) is 14.3 Å². The fourth-order valence-electron chi connectivity index (χ4n) is 3.58. The Morgan fingerprint density at radius 3 is 2.40 bits per heavy atom. The molecule has 0 saturated heterocycles. The molecule has 1 heterocycles. The molecule has 0 unspecified atom stereocenters. The molecule has 0 radical (unpaired) electrons. The van der Waals surface area contributed by atoms with Crippen molar-refractivity contribution in [1.82, 2.24) is 14.5 Å². The van der Waals surface area contributed by atoms with Gasteiger partial charge in [0.15, 0.2) is 0 Å². The van der Waals surface area contributed by atoms with Gasteiger partial charge in [-0.25, -0.2) is 9.78 Å². The van der Waals surface area contributed by atoms with Crippen LogP contribution in [0.5, 0.6) is 0 Å². The van der Waals surface area contributed by atoms with Crippen LogP contribution in [0.15, 0.2) is 41.2 Å². The van der Waals surface area contributed by atoms with Crippen LogP contribution in [0, 0.1) is 0 Å². The number of nitrogens with two attached hydrogens (primary N) is 1. The van der Waals surface area contributed by atoms with Crippen LogP contribution < -0.4 is 11.3 Å². The minimum absolute atomic E-state index is 0.153. The third-order valence-corrected chi connectivity index (χ3v) is 5.39. The standard InChI is InChI=1S/C21H22Cl2N4O3/c1-11(27(20(29)30)21(2,3)4)18-25-17-15(23)9-8-14(22)16(17)19(28)26(18)13-7-5-6-12(24)10-13/h5-11H,24H2,1-4H3,(H,29,30)/t11-/m0/s1. The number of nitrogens with zero attached hydrogens (tertiary/aromatic N) is 3. The third-order valence-electron chi connectivity index (χ3n) is 4.77. The molecule has 0 bridgehead atoms. The number of hydrogen-bond acceptors (Lipinski definition) is 4. The van der Waals surface area contributed by atoms with Gasteiger partial charge in [0.25, 0.3) is 5.56 Å². The molecule has 2 aromatic carbocycles. The van der Waals surface area contributed by atoms with Crippen molar-refractivity contribution in [3.05, 3.63) is 62.6 Å². The molecule has 1 amide bonds. The van der Waals surface area contributed by atoms with Crippen LogP contribution in [0.2, 0.25) is 10.0 Å². The number of benzene rings is 2. The summed E-state index contributed by atoms with van der Waals surface area (Å²) in [5.74, 6) is 0.208. The fourth-order valence-corrected chi connectivity index (χ4v) is 4.01. The quantitative estimate of drug-likeness (QED) is 0.541. The van der Waals surface area contributed by atoms with E-state index in [1.54, 1.807) is 58.0 Å². The highest BCUT2D eigenvalue weighted by Crippen LogP contribution is 2.32. The Bertz CT molecular complexity index is 1200. The van der Waals surface area contributed by atoms with Gasteiger partial charge in [0.1, 0.15) is 5.82 Å². The van der Waals surface area contributed by atoms with Gasteiger partial charge in [-0.15, -0.1) is 0 Å². The number of carbonyl (C=O) groups is 1. The van der Waals surface area contributed by atoms with E-state index in [1.165, 1.54) is 15.5 Å². The van der Waals surface area contributed by atoms with Gasteiger partial charge in [-0.05, 0) is 58.0 Å². The second-order valence-electron chi connectivity index (χ2n) is 7.96. The maximum Gasteiger partial charge on any atom is 0.408 e. The van der Waals surface area contributed by atoms with Crippen LogP contribution in [0.3, 0.4) is 0 Å². The summed E-state index contributed by atoms with van der Waals surface area (Å²) in [6.45, 7) is 6.98. The highest BCUT2D eigenvalue weighted by molar-refractivity contribution is 6.39. The van der Waals surface area contributed by atoms with E-state index in [0.717, 1.165) is 0 Å². The summed E-state index contributed by atoms with van der Waals surface area (Å²) < 4.78 is 1.34. The highest BCUT2D eigenvalue weighted by atomic mass is 35.5. The number of amides is 1. The Morgan fingerprint density at radius 1 is 1.20 bits per heavy atom. The number of nitrogen functional groups attached to an aromatic ring is 1. The molecule has 1 atom stereocenters. The molecule has 1 aromatic heterocycles. The van der Waals surface area contributed by atoms with Gasteiger partial charge in [0.05, 0.1) is 32.7 Å². The zero-order chi connectivity index (χ0) is 22.4. The maximum absolute atomic E-state index is 13.6. The Kier molecular flexibility index (Phi) is 5.71. The Balaban J connectivity index is 2.45. The molecule has 158 valence electrons. The molecule has 30 heavy (non-hydrogen) atoms. The lowest BCUT2D eigenvalue weighted by molar-refractivity contribution is 0.0719. The minimum atomic E-state index is -1.14. The van der Waals surface area contributed by atoms with Crippen LogP contribution >= 0.6 is 23.2 Å². The van der Waals surface area contributed by atoms with Gasteiger partial charge in [-0.2, -0.15) is 0 Å². The van der Waals surface area contributed by atoms with Crippen molar-refractivity contribution in [3.63, 3.8) is 0 Å². The number of aromatic nitrogens is 2. The maximum atomic E-state index is 13.6. The largest absolute Gasteiger partial charge is 0.465 e. The van der Waals surface area contributed by atoms with Crippen molar-refractivity contribution < 1.29 is 9.90 Å². The van der Waals surface area contributed by atoms with E-state index < -0.39 is 23.2 Å². The molecule has 3 N–H and O–H groups in total. The summed E-state index contributed by atoms with van der Waals surface area (Å²) in [6, 6.07) is 9.00. The summed E-state index contributed by atoms with van der Waals surface area (Å²) in [7, 11) is 0. The summed E-state index contributed by atoms with van der Waals surface area (Å²) in [5.41, 5.74) is 5.83. The average molecular weight is 449 g/mol. The third kappa shape index (κ3) is 3.82. The predicted octanol–water partition coefficient (Wildman–Crippen LogP) is 5.11. The molecule has 7 nitrogen and oxygen atoms in total. The molecule has 3 aromatic rings. The Morgan fingerprint density at radius 2 is 1.83 bits per heavy atom. The Labute approximate surface area is 183 Å². The molecule has 0 saturated carbocycles.